The van der Waals surface area contributed by atoms with E-state index in [2.05, 4.69) is 13.8 Å². The van der Waals surface area contributed by atoms with Crippen LogP contribution in [0.3, 0.4) is 0 Å². The van der Waals surface area contributed by atoms with Gasteiger partial charge in [0, 0.05) is 10.3 Å². The van der Waals surface area contributed by atoms with Crippen LogP contribution < -0.4 is 4.74 Å². The molecule has 74 valence electrons. The second kappa shape index (κ2) is 4.63. The molecular weight excluding hydrogens is 184 g/mol. The first-order chi connectivity index (χ1) is 6.13. The van der Waals surface area contributed by atoms with Gasteiger partial charge in [-0.1, -0.05) is 13.8 Å². The lowest BCUT2D eigenvalue weighted by Gasteiger charge is -2.10. The number of ether oxygens (including phenoxy) is 1. The van der Waals surface area contributed by atoms with Crippen molar-refractivity contribution in [3.8, 4) is 5.75 Å². The van der Waals surface area contributed by atoms with Crippen molar-refractivity contribution in [1.29, 1.82) is 0 Å². The maximum atomic E-state index is 9.75. The molecule has 0 spiro atoms. The third kappa shape index (κ3) is 3.01. The molecule has 1 rings (SSSR count). The van der Waals surface area contributed by atoms with Crippen LogP contribution in [0.25, 0.3) is 0 Å². The van der Waals surface area contributed by atoms with Crippen LogP contribution in [0.2, 0.25) is 0 Å². The van der Waals surface area contributed by atoms with Crippen LogP contribution in [0.1, 0.15) is 31.2 Å². The van der Waals surface area contributed by atoms with Crippen molar-refractivity contribution < 1.29 is 9.84 Å². The van der Waals surface area contributed by atoms with E-state index in [1.165, 1.54) is 0 Å². The highest BCUT2D eigenvalue weighted by Gasteiger charge is 2.12. The zero-order chi connectivity index (χ0) is 9.84. The van der Waals surface area contributed by atoms with Crippen molar-refractivity contribution in [3.63, 3.8) is 0 Å². The molecule has 0 aliphatic rings. The number of thiophene rings is 1. The minimum atomic E-state index is -0.339. The first-order valence-corrected chi connectivity index (χ1v) is 5.32. The van der Waals surface area contributed by atoms with Gasteiger partial charge in [-0.25, -0.2) is 0 Å². The maximum absolute atomic E-state index is 9.75. The first-order valence-electron chi connectivity index (χ1n) is 4.44. The summed E-state index contributed by atoms with van der Waals surface area (Å²) in [6.07, 6.45) is 0.470. The van der Waals surface area contributed by atoms with E-state index in [4.69, 9.17) is 4.74 Å². The molecular formula is C10H16O2S. The molecule has 0 radical (unpaired) electrons. The third-order valence-electron chi connectivity index (χ3n) is 1.85. The van der Waals surface area contributed by atoms with E-state index in [0.29, 0.717) is 5.92 Å². The molecule has 0 fully saturated rings. The minimum Gasteiger partial charge on any atom is -0.496 e. The van der Waals surface area contributed by atoms with Crippen molar-refractivity contribution in [1.82, 2.24) is 0 Å². The van der Waals surface area contributed by atoms with Crippen molar-refractivity contribution >= 4 is 11.3 Å². The fourth-order valence-electron chi connectivity index (χ4n) is 1.18. The fourth-order valence-corrected chi connectivity index (χ4v) is 2.03. The molecule has 3 heteroatoms. The summed E-state index contributed by atoms with van der Waals surface area (Å²) in [5.41, 5.74) is 0. The van der Waals surface area contributed by atoms with Crippen LogP contribution in [-0.2, 0) is 0 Å². The Hall–Kier alpha value is -0.540. The summed E-state index contributed by atoms with van der Waals surface area (Å²) < 4.78 is 5.05. The van der Waals surface area contributed by atoms with Crippen LogP contribution in [0.4, 0.5) is 0 Å². The zero-order valence-corrected chi connectivity index (χ0v) is 9.10. The van der Waals surface area contributed by atoms with Gasteiger partial charge in [0.1, 0.15) is 5.75 Å². The van der Waals surface area contributed by atoms with Gasteiger partial charge in [0.25, 0.3) is 0 Å². The summed E-state index contributed by atoms with van der Waals surface area (Å²) in [5.74, 6) is 1.35. The SMILES string of the molecule is COc1csc(C(O)CC(C)C)c1. The number of rotatable bonds is 4. The van der Waals surface area contributed by atoms with Gasteiger partial charge in [-0.05, 0) is 18.4 Å². The van der Waals surface area contributed by atoms with Crippen molar-refractivity contribution in [2.75, 3.05) is 7.11 Å². The average Bonchev–Trinajstić information content (AvgIpc) is 2.50. The molecule has 2 nitrogen and oxygen atoms in total. The normalized spacial score (nSPS) is 13.3. The van der Waals surface area contributed by atoms with Gasteiger partial charge >= 0.3 is 0 Å². The van der Waals surface area contributed by atoms with Gasteiger partial charge in [-0.3, -0.25) is 0 Å². The summed E-state index contributed by atoms with van der Waals surface area (Å²) in [5, 5.41) is 11.7. The third-order valence-corrected chi connectivity index (χ3v) is 2.87. The average molecular weight is 200 g/mol. The van der Waals surface area contributed by atoms with E-state index in [-0.39, 0.29) is 6.10 Å². The van der Waals surface area contributed by atoms with Gasteiger partial charge in [0.05, 0.1) is 13.2 Å². The van der Waals surface area contributed by atoms with Crippen LogP contribution in [-0.4, -0.2) is 12.2 Å². The molecule has 0 saturated heterocycles. The largest absolute Gasteiger partial charge is 0.496 e. The number of hydrogen-bond donors (Lipinski definition) is 1. The monoisotopic (exact) mass is 200 g/mol. The van der Waals surface area contributed by atoms with E-state index in [0.717, 1.165) is 17.0 Å². The van der Waals surface area contributed by atoms with Crippen molar-refractivity contribution in [3.05, 3.63) is 16.3 Å². The molecule has 1 unspecified atom stereocenters. The number of hydrogen-bond acceptors (Lipinski definition) is 3. The molecule has 13 heavy (non-hydrogen) atoms. The molecule has 0 amide bonds. The van der Waals surface area contributed by atoms with Crippen LogP contribution in [0.15, 0.2) is 11.4 Å². The number of methoxy groups -OCH3 is 1. The van der Waals surface area contributed by atoms with Crippen molar-refractivity contribution in [2.45, 2.75) is 26.4 Å². The van der Waals surface area contributed by atoms with E-state index in [9.17, 15) is 5.11 Å². The molecule has 0 aromatic carbocycles. The molecule has 0 aliphatic carbocycles. The smallest absolute Gasteiger partial charge is 0.129 e. The lowest BCUT2D eigenvalue weighted by molar-refractivity contribution is 0.154. The van der Waals surface area contributed by atoms with Gasteiger partial charge in [-0.2, -0.15) is 0 Å². The van der Waals surface area contributed by atoms with E-state index in [1.807, 2.05) is 11.4 Å². The maximum Gasteiger partial charge on any atom is 0.129 e. The predicted octanol–water partition coefficient (Wildman–Crippen LogP) is 2.84. The summed E-state index contributed by atoms with van der Waals surface area (Å²) in [6, 6.07) is 1.90. The molecule has 0 saturated carbocycles. The minimum absolute atomic E-state index is 0.339. The second-order valence-electron chi connectivity index (χ2n) is 3.53. The summed E-state index contributed by atoms with van der Waals surface area (Å²) >= 11 is 1.55. The molecule has 0 aliphatic heterocycles. The fraction of sp³-hybridized carbons (Fsp3) is 0.600. The van der Waals surface area contributed by atoms with E-state index >= 15 is 0 Å². The number of aliphatic hydroxyl groups is 1. The van der Waals surface area contributed by atoms with E-state index < -0.39 is 0 Å². The Balaban J connectivity index is 2.60. The standard InChI is InChI=1S/C10H16O2S/c1-7(2)4-9(11)10-5-8(12-3)6-13-10/h5-7,9,11H,4H2,1-3H3. The molecule has 1 aromatic heterocycles. The lowest BCUT2D eigenvalue weighted by atomic mass is 10.1. The van der Waals surface area contributed by atoms with Crippen LogP contribution in [0, 0.1) is 5.92 Å². The Kier molecular flexibility index (Phi) is 3.75. The Morgan fingerprint density at radius 2 is 2.23 bits per heavy atom. The predicted molar refractivity (Wildman–Crippen MR) is 55.3 cm³/mol. The van der Waals surface area contributed by atoms with Gasteiger partial charge in [0.15, 0.2) is 0 Å². The molecule has 1 N–H and O–H groups in total. The molecule has 1 aromatic rings. The van der Waals surface area contributed by atoms with Gasteiger partial charge in [-0.15, -0.1) is 11.3 Å². The van der Waals surface area contributed by atoms with Gasteiger partial charge in [0.2, 0.25) is 0 Å². The van der Waals surface area contributed by atoms with Crippen molar-refractivity contribution in [2.24, 2.45) is 5.92 Å². The summed E-state index contributed by atoms with van der Waals surface area (Å²) in [7, 11) is 1.64. The quantitative estimate of drug-likeness (QED) is 0.809. The molecule has 1 atom stereocenters. The Bertz CT molecular complexity index is 255. The lowest BCUT2D eigenvalue weighted by Crippen LogP contribution is -1.99. The Labute approximate surface area is 83.2 Å². The first kappa shape index (κ1) is 10.5. The van der Waals surface area contributed by atoms with Gasteiger partial charge < -0.3 is 9.84 Å². The highest BCUT2D eigenvalue weighted by molar-refractivity contribution is 7.10. The Morgan fingerprint density at radius 1 is 1.54 bits per heavy atom. The Morgan fingerprint density at radius 3 is 2.69 bits per heavy atom. The summed E-state index contributed by atoms with van der Waals surface area (Å²) in [4.78, 5) is 0.991. The number of aliphatic hydroxyl groups excluding tert-OH is 1. The van der Waals surface area contributed by atoms with E-state index in [1.54, 1.807) is 18.4 Å². The zero-order valence-electron chi connectivity index (χ0n) is 8.28. The highest BCUT2D eigenvalue weighted by atomic mass is 32.1. The molecule has 1 heterocycles. The summed E-state index contributed by atoms with van der Waals surface area (Å²) in [6.45, 7) is 4.21. The van der Waals surface area contributed by atoms with Crippen LogP contribution >= 0.6 is 11.3 Å². The topological polar surface area (TPSA) is 29.5 Å². The molecule has 0 bridgehead atoms. The van der Waals surface area contributed by atoms with Crippen LogP contribution in [0.5, 0.6) is 5.75 Å². The second-order valence-corrected chi connectivity index (χ2v) is 4.48. The highest BCUT2D eigenvalue weighted by Crippen LogP contribution is 2.30.